The minimum absolute atomic E-state index is 0.0183. The molecule has 0 fully saturated rings. The Morgan fingerprint density at radius 2 is 1.62 bits per heavy atom. The Balaban J connectivity index is 2.92. The number of aromatic nitrogens is 2. The average molecular weight is 293 g/mol. The molecule has 120 valence electrons. The van der Waals surface area contributed by atoms with Gasteiger partial charge in [0.2, 0.25) is 0 Å². The number of rotatable bonds is 8. The highest BCUT2D eigenvalue weighted by Crippen LogP contribution is 2.24. The van der Waals surface area contributed by atoms with Crippen molar-refractivity contribution in [2.75, 3.05) is 13.2 Å². The third-order valence-corrected chi connectivity index (χ3v) is 3.57. The first-order valence-corrected chi connectivity index (χ1v) is 8.05. The first-order chi connectivity index (χ1) is 9.86. The van der Waals surface area contributed by atoms with Crippen LogP contribution in [0.25, 0.3) is 0 Å². The Morgan fingerprint density at radius 1 is 1.05 bits per heavy atom. The molecule has 1 unspecified atom stereocenters. The van der Waals surface area contributed by atoms with Crippen molar-refractivity contribution in [1.82, 2.24) is 15.3 Å². The Morgan fingerprint density at radius 3 is 2.05 bits per heavy atom. The lowest BCUT2D eigenvalue weighted by Crippen LogP contribution is -2.26. The summed E-state index contributed by atoms with van der Waals surface area (Å²) in [4.78, 5) is 9.42. The van der Waals surface area contributed by atoms with Gasteiger partial charge in [-0.05, 0) is 45.2 Å². The zero-order chi connectivity index (χ0) is 16.0. The van der Waals surface area contributed by atoms with Crippen LogP contribution in [-0.4, -0.2) is 29.2 Å². The van der Waals surface area contributed by atoms with Crippen molar-refractivity contribution in [2.24, 2.45) is 5.92 Å². The maximum atomic E-state index is 5.81. The fraction of sp³-hybridized carbons (Fsp3) is 0.765. The molecule has 0 saturated carbocycles. The summed E-state index contributed by atoms with van der Waals surface area (Å²) in [6.07, 6.45) is 0.951. The van der Waals surface area contributed by atoms with Gasteiger partial charge in [-0.1, -0.05) is 27.7 Å². The van der Waals surface area contributed by atoms with E-state index in [0.717, 1.165) is 30.2 Å². The van der Waals surface area contributed by atoms with Gasteiger partial charge in [0.05, 0.1) is 0 Å². The number of nitrogens with one attached hydrogen (secondary N) is 1. The lowest BCUT2D eigenvalue weighted by Gasteiger charge is -2.21. The molecule has 0 radical (unpaired) electrons. The normalized spacial score (nSPS) is 13.2. The molecule has 4 nitrogen and oxygen atoms in total. The predicted octanol–water partition coefficient (Wildman–Crippen LogP) is 3.37. The van der Waals surface area contributed by atoms with Crippen molar-refractivity contribution in [2.45, 2.75) is 67.0 Å². The quantitative estimate of drug-likeness (QED) is 0.798. The molecule has 1 atom stereocenters. The van der Waals surface area contributed by atoms with Gasteiger partial charge in [-0.15, -0.1) is 0 Å². The molecule has 0 amide bonds. The van der Waals surface area contributed by atoms with Crippen LogP contribution >= 0.6 is 0 Å². The van der Waals surface area contributed by atoms with Crippen LogP contribution < -0.4 is 5.32 Å². The molecule has 0 aliphatic rings. The second-order valence-electron chi connectivity index (χ2n) is 6.21. The molecule has 0 aliphatic heterocycles. The molecule has 0 saturated heterocycles. The van der Waals surface area contributed by atoms with Crippen molar-refractivity contribution in [3.63, 3.8) is 0 Å². The van der Waals surface area contributed by atoms with E-state index < -0.39 is 0 Å². The molecule has 0 aliphatic carbocycles. The van der Waals surface area contributed by atoms with E-state index in [1.165, 1.54) is 5.56 Å². The lowest BCUT2D eigenvalue weighted by atomic mass is 10.0. The highest BCUT2D eigenvalue weighted by atomic mass is 16.5. The molecule has 1 rings (SSSR count). The van der Waals surface area contributed by atoms with Gasteiger partial charge in [0.15, 0.2) is 5.82 Å². The Kier molecular flexibility index (Phi) is 7.26. The molecular weight excluding hydrogens is 262 g/mol. The summed E-state index contributed by atoms with van der Waals surface area (Å²) in [6.45, 7) is 16.4. The molecule has 0 spiro atoms. The van der Waals surface area contributed by atoms with Crippen LogP contribution in [-0.2, 0) is 11.2 Å². The van der Waals surface area contributed by atoms with Gasteiger partial charge in [0, 0.05) is 24.0 Å². The Hall–Kier alpha value is -1.00. The summed E-state index contributed by atoms with van der Waals surface area (Å²) in [5, 5.41) is 3.44. The van der Waals surface area contributed by atoms with Crippen LogP contribution in [0.2, 0.25) is 0 Å². The third kappa shape index (κ3) is 5.36. The molecule has 1 aromatic heterocycles. The zero-order valence-electron chi connectivity index (χ0n) is 14.7. The van der Waals surface area contributed by atoms with Crippen molar-refractivity contribution in [1.29, 1.82) is 0 Å². The summed E-state index contributed by atoms with van der Waals surface area (Å²) in [5.41, 5.74) is 3.41. The van der Waals surface area contributed by atoms with Gasteiger partial charge in [0.1, 0.15) is 6.10 Å². The van der Waals surface area contributed by atoms with Crippen molar-refractivity contribution in [3.05, 3.63) is 22.8 Å². The lowest BCUT2D eigenvalue weighted by molar-refractivity contribution is 0.0229. The maximum absolute atomic E-state index is 5.81. The molecule has 1 heterocycles. The van der Waals surface area contributed by atoms with Crippen LogP contribution in [0, 0.1) is 19.8 Å². The van der Waals surface area contributed by atoms with Gasteiger partial charge in [-0.2, -0.15) is 0 Å². The number of hydrogen-bond donors (Lipinski definition) is 1. The summed E-state index contributed by atoms with van der Waals surface area (Å²) < 4.78 is 5.81. The first-order valence-electron chi connectivity index (χ1n) is 8.05. The fourth-order valence-electron chi connectivity index (χ4n) is 2.48. The predicted molar refractivity (Wildman–Crippen MR) is 87.6 cm³/mol. The zero-order valence-corrected chi connectivity index (χ0v) is 14.7. The number of ether oxygens (including phenoxy) is 1. The molecule has 21 heavy (non-hydrogen) atoms. The van der Waals surface area contributed by atoms with E-state index in [1.807, 2.05) is 6.92 Å². The van der Waals surface area contributed by atoms with Gasteiger partial charge in [-0.3, -0.25) is 0 Å². The standard InChI is InChI=1S/C17H31N3O/c1-8-21-16(11(2)3)17-19-13(6)15(14(7)20-17)9-10-18-12(4)5/h11-12,16,18H,8-10H2,1-7H3. The molecule has 0 aromatic carbocycles. The SMILES string of the molecule is CCOC(c1nc(C)c(CCNC(C)C)c(C)n1)C(C)C. The number of hydrogen-bond acceptors (Lipinski definition) is 4. The van der Waals surface area contributed by atoms with Crippen LogP contribution in [0.3, 0.4) is 0 Å². The summed E-state index contributed by atoms with van der Waals surface area (Å²) in [5.74, 6) is 1.19. The van der Waals surface area contributed by atoms with Crippen LogP contribution in [0.5, 0.6) is 0 Å². The number of nitrogens with zero attached hydrogens (tertiary/aromatic N) is 2. The van der Waals surface area contributed by atoms with E-state index in [2.05, 4.69) is 46.9 Å². The van der Waals surface area contributed by atoms with E-state index in [0.29, 0.717) is 18.6 Å². The van der Waals surface area contributed by atoms with Crippen LogP contribution in [0.15, 0.2) is 0 Å². The monoisotopic (exact) mass is 293 g/mol. The van der Waals surface area contributed by atoms with E-state index in [4.69, 9.17) is 14.7 Å². The van der Waals surface area contributed by atoms with Gasteiger partial charge in [-0.25, -0.2) is 9.97 Å². The van der Waals surface area contributed by atoms with Crippen molar-refractivity contribution in [3.8, 4) is 0 Å². The second kappa shape index (κ2) is 8.44. The maximum Gasteiger partial charge on any atom is 0.157 e. The minimum atomic E-state index is -0.0183. The van der Waals surface area contributed by atoms with E-state index in [9.17, 15) is 0 Å². The van der Waals surface area contributed by atoms with Crippen molar-refractivity contribution < 1.29 is 4.74 Å². The van der Waals surface area contributed by atoms with Gasteiger partial charge >= 0.3 is 0 Å². The third-order valence-electron chi connectivity index (χ3n) is 3.57. The smallest absolute Gasteiger partial charge is 0.157 e. The minimum Gasteiger partial charge on any atom is -0.370 e. The summed E-state index contributed by atoms with van der Waals surface area (Å²) >= 11 is 0. The summed E-state index contributed by atoms with van der Waals surface area (Å²) in [7, 11) is 0. The Bertz CT molecular complexity index is 421. The van der Waals surface area contributed by atoms with E-state index >= 15 is 0 Å². The highest BCUT2D eigenvalue weighted by Gasteiger charge is 2.21. The molecule has 1 N–H and O–H groups in total. The van der Waals surface area contributed by atoms with Crippen LogP contribution in [0.1, 0.15) is 63.5 Å². The fourth-order valence-corrected chi connectivity index (χ4v) is 2.48. The first kappa shape index (κ1) is 18.1. The van der Waals surface area contributed by atoms with E-state index in [1.54, 1.807) is 0 Å². The van der Waals surface area contributed by atoms with Crippen LogP contribution in [0.4, 0.5) is 0 Å². The van der Waals surface area contributed by atoms with E-state index in [-0.39, 0.29) is 6.10 Å². The largest absolute Gasteiger partial charge is 0.370 e. The number of aryl methyl sites for hydroxylation is 2. The van der Waals surface area contributed by atoms with Crippen molar-refractivity contribution >= 4 is 0 Å². The van der Waals surface area contributed by atoms with Gasteiger partial charge in [0.25, 0.3) is 0 Å². The molecule has 0 bridgehead atoms. The highest BCUT2D eigenvalue weighted by molar-refractivity contribution is 5.25. The average Bonchev–Trinajstić information content (AvgIpc) is 2.38. The molecular formula is C17H31N3O. The topological polar surface area (TPSA) is 47.0 Å². The molecule has 1 aromatic rings. The summed E-state index contributed by atoms with van der Waals surface area (Å²) in [6, 6.07) is 0.508. The Labute approximate surface area is 129 Å². The molecule has 4 heteroatoms. The second-order valence-corrected chi connectivity index (χ2v) is 6.21. The van der Waals surface area contributed by atoms with Gasteiger partial charge < -0.3 is 10.1 Å².